The largest absolute Gasteiger partial charge is 0.372 e. The van der Waals surface area contributed by atoms with Gasteiger partial charge in [0.2, 0.25) is 0 Å². The minimum atomic E-state index is -4.13. The third kappa shape index (κ3) is 5.20. The molecule has 0 unspecified atom stereocenters. The van der Waals surface area contributed by atoms with Gasteiger partial charge in [0.05, 0.1) is 4.90 Å². The van der Waals surface area contributed by atoms with Gasteiger partial charge in [0.25, 0.3) is 10.1 Å². The van der Waals surface area contributed by atoms with Crippen molar-refractivity contribution < 1.29 is 13.0 Å². The topological polar surface area (TPSA) is 57.6 Å². The minimum absolute atomic E-state index is 0.0389. The lowest BCUT2D eigenvalue weighted by Gasteiger charge is -2.25. The lowest BCUT2D eigenvalue weighted by Crippen LogP contribution is -2.25. The zero-order chi connectivity index (χ0) is 14.3. The second kappa shape index (κ2) is 7.50. The summed E-state index contributed by atoms with van der Waals surface area (Å²) in [5.74, 6) is 0. The molecule has 0 radical (unpaired) electrons. The van der Waals surface area contributed by atoms with E-state index in [0.29, 0.717) is 0 Å². The van der Waals surface area contributed by atoms with Crippen LogP contribution in [-0.4, -0.2) is 26.1 Å². The quantitative estimate of drug-likeness (QED) is 0.744. The van der Waals surface area contributed by atoms with Crippen molar-refractivity contribution in [2.24, 2.45) is 0 Å². The van der Waals surface area contributed by atoms with Crippen molar-refractivity contribution >= 4 is 15.8 Å². The second-order valence-corrected chi connectivity index (χ2v) is 6.09. The molecule has 5 heteroatoms. The van der Waals surface area contributed by atoms with Gasteiger partial charge in [-0.25, -0.2) is 0 Å². The van der Waals surface area contributed by atoms with E-state index in [4.69, 9.17) is 4.55 Å². The second-order valence-electron chi connectivity index (χ2n) is 4.67. The van der Waals surface area contributed by atoms with E-state index in [9.17, 15) is 8.42 Å². The normalized spacial score (nSPS) is 11.5. The van der Waals surface area contributed by atoms with Gasteiger partial charge in [0.1, 0.15) is 0 Å². The molecule has 0 heterocycles. The summed E-state index contributed by atoms with van der Waals surface area (Å²) in [5, 5.41) is 0. The van der Waals surface area contributed by atoms with Crippen molar-refractivity contribution in [3.05, 3.63) is 24.3 Å². The number of benzene rings is 1. The van der Waals surface area contributed by atoms with Crippen LogP contribution in [0.1, 0.15) is 39.5 Å². The number of hydrogen-bond acceptors (Lipinski definition) is 3. The maximum atomic E-state index is 11.2. The van der Waals surface area contributed by atoms with Crippen LogP contribution in [0.4, 0.5) is 5.69 Å². The molecule has 19 heavy (non-hydrogen) atoms. The first-order valence-corrected chi connectivity index (χ1v) is 8.25. The summed E-state index contributed by atoms with van der Waals surface area (Å²) in [7, 11) is -4.13. The molecule has 0 bridgehead atoms. The van der Waals surface area contributed by atoms with Crippen LogP contribution in [0, 0.1) is 0 Å². The van der Waals surface area contributed by atoms with Gasteiger partial charge in [-0.2, -0.15) is 8.42 Å². The Hall–Kier alpha value is -1.07. The highest BCUT2D eigenvalue weighted by Crippen LogP contribution is 2.20. The van der Waals surface area contributed by atoms with E-state index in [1.165, 1.54) is 6.07 Å². The molecule has 1 aromatic rings. The summed E-state index contributed by atoms with van der Waals surface area (Å²) in [5.41, 5.74) is 0.858. The predicted octanol–water partition coefficient (Wildman–Crippen LogP) is 3.34. The Morgan fingerprint density at radius 2 is 1.68 bits per heavy atom. The lowest BCUT2D eigenvalue weighted by atomic mass is 10.2. The average Bonchev–Trinajstić information content (AvgIpc) is 2.38. The van der Waals surface area contributed by atoms with E-state index in [0.717, 1.165) is 44.5 Å². The van der Waals surface area contributed by atoms with Gasteiger partial charge in [-0.05, 0) is 31.0 Å². The van der Waals surface area contributed by atoms with Crippen molar-refractivity contribution in [2.45, 2.75) is 44.4 Å². The van der Waals surface area contributed by atoms with Gasteiger partial charge in [0.15, 0.2) is 0 Å². The van der Waals surface area contributed by atoms with Crippen molar-refractivity contribution in [1.82, 2.24) is 0 Å². The third-order valence-electron chi connectivity index (χ3n) is 3.04. The number of hydrogen-bond donors (Lipinski definition) is 1. The van der Waals surface area contributed by atoms with Crippen LogP contribution in [0.15, 0.2) is 29.2 Å². The summed E-state index contributed by atoms with van der Waals surface area (Å²) in [6.45, 7) is 6.08. The van der Waals surface area contributed by atoms with Crippen LogP contribution in [-0.2, 0) is 10.1 Å². The molecule has 4 nitrogen and oxygen atoms in total. The lowest BCUT2D eigenvalue weighted by molar-refractivity contribution is 0.483. The molecular weight excluding hydrogens is 262 g/mol. The van der Waals surface area contributed by atoms with Crippen LogP contribution < -0.4 is 4.90 Å². The van der Waals surface area contributed by atoms with Crippen LogP contribution in [0.5, 0.6) is 0 Å². The van der Waals surface area contributed by atoms with Crippen molar-refractivity contribution in [2.75, 3.05) is 18.0 Å². The van der Waals surface area contributed by atoms with E-state index >= 15 is 0 Å². The fraction of sp³-hybridized carbons (Fsp3) is 0.571. The molecule has 0 atom stereocenters. The molecule has 0 saturated heterocycles. The standard InChI is InChI=1S/C14H23NO3S/c1-3-5-10-15(11-6-4-2)13-8-7-9-14(12-13)19(16,17)18/h7-9,12H,3-6,10-11H2,1-2H3,(H,16,17,18). The average molecular weight is 285 g/mol. The molecule has 1 rings (SSSR count). The van der Waals surface area contributed by atoms with E-state index < -0.39 is 10.1 Å². The Morgan fingerprint density at radius 1 is 1.11 bits per heavy atom. The van der Waals surface area contributed by atoms with Crippen LogP contribution >= 0.6 is 0 Å². The van der Waals surface area contributed by atoms with E-state index in [1.54, 1.807) is 12.1 Å². The highest BCUT2D eigenvalue weighted by Gasteiger charge is 2.12. The van der Waals surface area contributed by atoms with Crippen molar-refractivity contribution in [3.63, 3.8) is 0 Å². The number of unbranched alkanes of at least 4 members (excludes halogenated alkanes) is 2. The Kier molecular flexibility index (Phi) is 6.31. The van der Waals surface area contributed by atoms with Gasteiger partial charge in [-0.15, -0.1) is 0 Å². The molecule has 0 aliphatic carbocycles. The van der Waals surface area contributed by atoms with Gasteiger partial charge in [-0.1, -0.05) is 32.8 Å². The van der Waals surface area contributed by atoms with Crippen LogP contribution in [0.25, 0.3) is 0 Å². The molecule has 1 N–H and O–H groups in total. The smallest absolute Gasteiger partial charge is 0.294 e. The maximum absolute atomic E-state index is 11.2. The number of anilines is 1. The summed E-state index contributed by atoms with van der Waals surface area (Å²) < 4.78 is 31.4. The molecule has 0 spiro atoms. The summed E-state index contributed by atoms with van der Waals surface area (Å²) in [6.07, 6.45) is 4.33. The zero-order valence-corrected chi connectivity index (χ0v) is 12.5. The highest BCUT2D eigenvalue weighted by atomic mass is 32.2. The fourth-order valence-electron chi connectivity index (χ4n) is 1.91. The molecule has 0 aliphatic rings. The molecule has 0 aliphatic heterocycles. The van der Waals surface area contributed by atoms with E-state index in [2.05, 4.69) is 18.7 Å². The first kappa shape index (κ1) is 16.0. The van der Waals surface area contributed by atoms with Crippen LogP contribution in [0.3, 0.4) is 0 Å². The van der Waals surface area contributed by atoms with Gasteiger partial charge < -0.3 is 4.90 Å². The molecular formula is C14H23NO3S. The molecule has 0 aromatic heterocycles. The monoisotopic (exact) mass is 285 g/mol. The van der Waals surface area contributed by atoms with Gasteiger partial charge >= 0.3 is 0 Å². The molecule has 1 aromatic carbocycles. The summed E-state index contributed by atoms with van der Waals surface area (Å²) >= 11 is 0. The molecule has 0 saturated carbocycles. The minimum Gasteiger partial charge on any atom is -0.372 e. The highest BCUT2D eigenvalue weighted by molar-refractivity contribution is 7.85. The Balaban J connectivity index is 2.94. The molecule has 0 amide bonds. The van der Waals surface area contributed by atoms with Gasteiger partial charge in [-0.3, -0.25) is 4.55 Å². The maximum Gasteiger partial charge on any atom is 0.294 e. The summed E-state index contributed by atoms with van der Waals surface area (Å²) in [4.78, 5) is 2.14. The molecule has 0 fully saturated rings. The SMILES string of the molecule is CCCCN(CCCC)c1cccc(S(=O)(=O)O)c1. The fourth-order valence-corrected chi connectivity index (χ4v) is 2.43. The number of nitrogens with zero attached hydrogens (tertiary/aromatic N) is 1. The summed E-state index contributed by atoms with van der Waals surface area (Å²) in [6, 6.07) is 6.51. The first-order chi connectivity index (χ1) is 8.99. The zero-order valence-electron chi connectivity index (χ0n) is 11.7. The predicted molar refractivity (Wildman–Crippen MR) is 78.3 cm³/mol. The Labute approximate surface area is 116 Å². The first-order valence-electron chi connectivity index (χ1n) is 6.81. The van der Waals surface area contributed by atoms with E-state index in [-0.39, 0.29) is 4.90 Å². The number of rotatable bonds is 8. The Bertz CT molecular complexity index is 477. The van der Waals surface area contributed by atoms with Crippen molar-refractivity contribution in [1.29, 1.82) is 0 Å². The van der Waals surface area contributed by atoms with Crippen LogP contribution in [0.2, 0.25) is 0 Å². The van der Waals surface area contributed by atoms with E-state index in [1.807, 2.05) is 6.07 Å². The third-order valence-corrected chi connectivity index (χ3v) is 3.89. The Morgan fingerprint density at radius 3 is 2.16 bits per heavy atom. The molecule has 108 valence electrons. The van der Waals surface area contributed by atoms with Gasteiger partial charge in [0, 0.05) is 18.8 Å². The van der Waals surface area contributed by atoms with Crippen molar-refractivity contribution in [3.8, 4) is 0 Å².